The van der Waals surface area contributed by atoms with E-state index in [1.807, 2.05) is 0 Å². The third kappa shape index (κ3) is 3.55. The fourth-order valence-electron chi connectivity index (χ4n) is 1.59. The smallest absolute Gasteiger partial charge is 0.275 e. The molecule has 8 heteroatoms. The van der Waals surface area contributed by atoms with Crippen LogP contribution in [-0.2, 0) is 16.6 Å². The Labute approximate surface area is 127 Å². The van der Waals surface area contributed by atoms with Gasteiger partial charge in [-0.3, -0.25) is 0 Å². The Morgan fingerprint density at radius 3 is 2.67 bits per heavy atom. The first-order chi connectivity index (χ1) is 9.80. The average molecular weight is 333 g/mol. The van der Waals surface area contributed by atoms with Gasteiger partial charge in [0.25, 0.3) is 10.0 Å². The number of furan rings is 1. The molecule has 21 heavy (non-hydrogen) atoms. The monoisotopic (exact) mass is 332 g/mol. The van der Waals surface area contributed by atoms with E-state index in [0.29, 0.717) is 16.5 Å². The summed E-state index contributed by atoms with van der Waals surface area (Å²) in [6.45, 7) is 0.187. The second-order valence-electron chi connectivity index (χ2n) is 4.49. The van der Waals surface area contributed by atoms with Crippen molar-refractivity contribution in [2.24, 2.45) is 0 Å². The molecule has 5 nitrogen and oxygen atoms in total. The highest BCUT2D eigenvalue weighted by Crippen LogP contribution is 2.24. The number of anilines is 1. The van der Waals surface area contributed by atoms with E-state index in [1.54, 1.807) is 0 Å². The molecule has 0 radical (unpaired) electrons. The van der Waals surface area contributed by atoms with Crippen LogP contribution in [-0.4, -0.2) is 26.8 Å². The molecule has 0 saturated heterocycles. The summed E-state index contributed by atoms with van der Waals surface area (Å²) < 4.78 is 43.2. The van der Waals surface area contributed by atoms with Gasteiger partial charge in [0.05, 0.1) is 17.3 Å². The maximum absolute atomic E-state index is 13.1. The lowest BCUT2D eigenvalue weighted by Gasteiger charge is -2.08. The number of rotatable bonds is 5. The van der Waals surface area contributed by atoms with Crippen LogP contribution in [0.15, 0.2) is 39.8 Å². The lowest BCUT2D eigenvalue weighted by molar-refractivity contribution is 0.402. The number of hydrogen-bond acceptors (Lipinski definition) is 4. The minimum absolute atomic E-state index is 0.144. The van der Waals surface area contributed by atoms with Crippen molar-refractivity contribution in [3.63, 3.8) is 0 Å². The fourth-order valence-corrected chi connectivity index (χ4v) is 2.58. The van der Waals surface area contributed by atoms with Crippen LogP contribution in [0.25, 0.3) is 0 Å². The van der Waals surface area contributed by atoms with Crippen molar-refractivity contribution in [2.45, 2.75) is 11.6 Å². The van der Waals surface area contributed by atoms with Crippen LogP contribution in [0.4, 0.5) is 10.1 Å². The normalized spacial score (nSPS) is 11.9. The van der Waals surface area contributed by atoms with E-state index in [4.69, 9.17) is 16.0 Å². The quantitative estimate of drug-likeness (QED) is 0.914. The standard InChI is InChI=1S/C13H14ClFN2O3S/c1-17(2)21(18,19)13-6-4-10(20-13)8-16-12-7-9(15)3-5-11(12)14/h3-7,16H,8H2,1-2H3. The third-order valence-corrected chi connectivity index (χ3v) is 4.77. The predicted molar refractivity (Wildman–Crippen MR) is 78.3 cm³/mol. The molecule has 0 atom stereocenters. The summed E-state index contributed by atoms with van der Waals surface area (Å²) in [6, 6.07) is 6.85. The number of nitrogens with one attached hydrogen (secondary N) is 1. The molecule has 0 aliphatic carbocycles. The van der Waals surface area contributed by atoms with Crippen molar-refractivity contribution in [2.75, 3.05) is 19.4 Å². The molecule has 1 aromatic carbocycles. The van der Waals surface area contributed by atoms with Crippen LogP contribution >= 0.6 is 11.6 Å². The molecule has 114 valence electrons. The lowest BCUT2D eigenvalue weighted by atomic mass is 10.3. The van der Waals surface area contributed by atoms with Crippen molar-refractivity contribution < 1.29 is 17.2 Å². The average Bonchev–Trinajstić information content (AvgIpc) is 2.89. The van der Waals surface area contributed by atoms with E-state index >= 15 is 0 Å². The van der Waals surface area contributed by atoms with Gasteiger partial charge in [0.1, 0.15) is 11.6 Å². The Kier molecular flexibility index (Phi) is 4.55. The number of sulfonamides is 1. The van der Waals surface area contributed by atoms with E-state index in [0.717, 1.165) is 4.31 Å². The highest BCUT2D eigenvalue weighted by Gasteiger charge is 2.21. The first-order valence-corrected chi connectivity index (χ1v) is 7.82. The molecular weight excluding hydrogens is 319 g/mol. The molecule has 2 aromatic rings. The van der Waals surface area contributed by atoms with Crippen molar-refractivity contribution in [3.8, 4) is 0 Å². The van der Waals surface area contributed by atoms with Crippen molar-refractivity contribution >= 4 is 27.3 Å². The van der Waals surface area contributed by atoms with Crippen LogP contribution in [0, 0.1) is 5.82 Å². The summed E-state index contributed by atoms with van der Waals surface area (Å²) in [5.74, 6) is -0.0204. The van der Waals surface area contributed by atoms with Gasteiger partial charge in [0.15, 0.2) is 0 Å². The van der Waals surface area contributed by atoms with E-state index in [9.17, 15) is 12.8 Å². The first-order valence-electron chi connectivity index (χ1n) is 6.01. The van der Waals surface area contributed by atoms with Gasteiger partial charge in [-0.1, -0.05) is 11.6 Å². The zero-order valence-corrected chi connectivity index (χ0v) is 13.0. The van der Waals surface area contributed by atoms with Gasteiger partial charge < -0.3 is 9.73 Å². The Balaban J connectivity index is 2.12. The molecule has 0 fully saturated rings. The van der Waals surface area contributed by atoms with Gasteiger partial charge in [-0.15, -0.1) is 0 Å². The first kappa shape index (κ1) is 15.8. The van der Waals surface area contributed by atoms with E-state index in [1.165, 1.54) is 44.4 Å². The Bertz CT molecular complexity index is 744. The highest BCUT2D eigenvalue weighted by atomic mass is 35.5. The van der Waals surface area contributed by atoms with E-state index in [2.05, 4.69) is 5.32 Å². The summed E-state index contributed by atoms with van der Waals surface area (Å²) in [5, 5.41) is 3.11. The van der Waals surface area contributed by atoms with E-state index < -0.39 is 15.8 Å². The number of nitrogens with zero attached hydrogens (tertiary/aromatic N) is 1. The van der Waals surface area contributed by atoms with Gasteiger partial charge in [0, 0.05) is 14.1 Å². The van der Waals surface area contributed by atoms with Gasteiger partial charge in [-0.2, -0.15) is 0 Å². The largest absolute Gasteiger partial charge is 0.446 e. The zero-order chi connectivity index (χ0) is 15.6. The van der Waals surface area contributed by atoms with Gasteiger partial charge in [0.2, 0.25) is 5.09 Å². The summed E-state index contributed by atoms with van der Waals surface area (Å²) in [6.07, 6.45) is 0. The van der Waals surface area contributed by atoms with Gasteiger partial charge in [-0.05, 0) is 30.3 Å². The molecule has 0 saturated carbocycles. The van der Waals surface area contributed by atoms with Crippen molar-refractivity contribution in [1.82, 2.24) is 4.31 Å². The molecule has 0 bridgehead atoms. The number of halogens is 2. The molecule has 1 heterocycles. The SMILES string of the molecule is CN(C)S(=O)(=O)c1ccc(CNc2cc(F)ccc2Cl)o1. The Morgan fingerprint density at radius 1 is 1.29 bits per heavy atom. The molecule has 0 amide bonds. The molecular formula is C13H14ClFN2O3S. The molecule has 1 aromatic heterocycles. The minimum atomic E-state index is -3.60. The fraction of sp³-hybridized carbons (Fsp3) is 0.231. The maximum atomic E-state index is 13.1. The highest BCUT2D eigenvalue weighted by molar-refractivity contribution is 7.88. The zero-order valence-electron chi connectivity index (χ0n) is 11.4. The van der Waals surface area contributed by atoms with Gasteiger partial charge >= 0.3 is 0 Å². The topological polar surface area (TPSA) is 62.6 Å². The molecule has 0 spiro atoms. The van der Waals surface area contributed by atoms with Crippen LogP contribution in [0.5, 0.6) is 0 Å². The van der Waals surface area contributed by atoms with Crippen LogP contribution in [0.1, 0.15) is 5.76 Å². The Morgan fingerprint density at radius 2 is 2.00 bits per heavy atom. The summed E-state index contributed by atoms with van der Waals surface area (Å²) >= 11 is 5.92. The maximum Gasteiger partial charge on any atom is 0.275 e. The molecule has 0 unspecified atom stereocenters. The summed E-state index contributed by atoms with van der Waals surface area (Å²) in [7, 11) is -0.763. The van der Waals surface area contributed by atoms with E-state index in [-0.39, 0.29) is 11.6 Å². The summed E-state index contributed by atoms with van der Waals surface area (Å²) in [5.41, 5.74) is 0.407. The third-order valence-electron chi connectivity index (χ3n) is 2.75. The number of hydrogen-bond donors (Lipinski definition) is 1. The predicted octanol–water partition coefficient (Wildman–Crippen LogP) is 2.93. The number of benzene rings is 1. The van der Waals surface area contributed by atoms with Crippen LogP contribution in [0.2, 0.25) is 5.02 Å². The Hall–Kier alpha value is -1.57. The second-order valence-corrected chi connectivity index (χ2v) is 6.98. The molecule has 2 rings (SSSR count). The van der Waals surface area contributed by atoms with Crippen molar-refractivity contribution in [1.29, 1.82) is 0 Å². The van der Waals surface area contributed by atoms with Crippen LogP contribution in [0.3, 0.4) is 0 Å². The van der Waals surface area contributed by atoms with Crippen LogP contribution < -0.4 is 5.32 Å². The molecule has 1 N–H and O–H groups in total. The molecule has 0 aliphatic heterocycles. The van der Waals surface area contributed by atoms with Gasteiger partial charge in [-0.25, -0.2) is 17.1 Å². The molecule has 0 aliphatic rings. The minimum Gasteiger partial charge on any atom is -0.446 e. The summed E-state index contributed by atoms with van der Waals surface area (Å²) in [4.78, 5) is 0. The lowest BCUT2D eigenvalue weighted by Crippen LogP contribution is -2.21. The second kappa shape index (κ2) is 6.05. The van der Waals surface area contributed by atoms with Crippen molar-refractivity contribution in [3.05, 3.63) is 46.9 Å².